The zero-order chi connectivity index (χ0) is 12.9. The summed E-state index contributed by atoms with van der Waals surface area (Å²) >= 11 is 0. The largest absolute Gasteiger partial charge is 0.366 e. The van der Waals surface area contributed by atoms with E-state index in [1.165, 1.54) is 32.1 Å². The number of primary amides is 1. The van der Waals surface area contributed by atoms with Gasteiger partial charge in [-0.3, -0.25) is 4.79 Å². The summed E-state index contributed by atoms with van der Waals surface area (Å²) in [7, 11) is 0. The van der Waals surface area contributed by atoms with Crippen molar-refractivity contribution in [1.82, 2.24) is 0 Å². The molecule has 2 nitrogen and oxygen atoms in total. The molecule has 1 amide bonds. The van der Waals surface area contributed by atoms with Gasteiger partial charge in [0.15, 0.2) is 0 Å². The van der Waals surface area contributed by atoms with Crippen molar-refractivity contribution in [1.29, 1.82) is 0 Å². The Morgan fingerprint density at radius 1 is 1.18 bits per heavy atom. The molecule has 0 aromatic rings. The fourth-order valence-electron chi connectivity index (χ4n) is 1.50. The first-order valence-electron chi connectivity index (χ1n) is 6.51. The van der Waals surface area contributed by atoms with Crippen molar-refractivity contribution >= 4 is 5.91 Å². The lowest BCUT2D eigenvalue weighted by molar-refractivity contribution is -0.114. The van der Waals surface area contributed by atoms with E-state index in [0.717, 1.165) is 6.42 Å². The van der Waals surface area contributed by atoms with E-state index >= 15 is 0 Å². The van der Waals surface area contributed by atoms with Gasteiger partial charge >= 0.3 is 0 Å². The van der Waals surface area contributed by atoms with Crippen molar-refractivity contribution in [3.05, 3.63) is 36.0 Å². The predicted octanol–water partition coefficient (Wildman–Crippen LogP) is 3.89. The van der Waals surface area contributed by atoms with Gasteiger partial charge < -0.3 is 5.73 Å². The maximum absolute atomic E-state index is 11.1. The fraction of sp³-hybridized carbons (Fsp3) is 0.533. The zero-order valence-corrected chi connectivity index (χ0v) is 11.1. The molecule has 0 aliphatic carbocycles. The van der Waals surface area contributed by atoms with Gasteiger partial charge in [0, 0.05) is 5.57 Å². The van der Waals surface area contributed by atoms with Crippen LogP contribution < -0.4 is 5.73 Å². The van der Waals surface area contributed by atoms with Gasteiger partial charge in [0.25, 0.3) is 0 Å². The van der Waals surface area contributed by atoms with Crippen molar-refractivity contribution in [2.75, 3.05) is 0 Å². The molecular weight excluding hydrogens is 210 g/mol. The molecule has 0 heterocycles. The number of nitrogens with two attached hydrogens (primary N) is 1. The van der Waals surface area contributed by atoms with Crippen LogP contribution in [0.25, 0.3) is 0 Å². The van der Waals surface area contributed by atoms with Crippen LogP contribution in [0.1, 0.15) is 52.4 Å². The summed E-state index contributed by atoms with van der Waals surface area (Å²) in [6, 6.07) is 0. The van der Waals surface area contributed by atoms with E-state index in [1.54, 1.807) is 6.08 Å². The molecule has 0 aliphatic heterocycles. The van der Waals surface area contributed by atoms with Gasteiger partial charge in [-0.25, -0.2) is 0 Å². The van der Waals surface area contributed by atoms with Crippen LogP contribution in [-0.4, -0.2) is 5.91 Å². The molecule has 17 heavy (non-hydrogen) atoms. The number of rotatable bonds is 9. The molecule has 0 radical (unpaired) electrons. The number of unbranched alkanes of at least 4 members (excludes halogenated alkanes) is 5. The summed E-state index contributed by atoms with van der Waals surface area (Å²) in [6.07, 6.45) is 16.7. The topological polar surface area (TPSA) is 43.1 Å². The Kier molecular flexibility index (Phi) is 10.3. The molecule has 0 fully saturated rings. The molecule has 0 aromatic heterocycles. The van der Waals surface area contributed by atoms with Crippen molar-refractivity contribution < 1.29 is 4.79 Å². The second-order valence-corrected chi connectivity index (χ2v) is 4.12. The maximum atomic E-state index is 11.1. The van der Waals surface area contributed by atoms with E-state index in [4.69, 9.17) is 5.73 Å². The summed E-state index contributed by atoms with van der Waals surface area (Å²) in [5, 5.41) is 0. The third-order valence-corrected chi connectivity index (χ3v) is 2.52. The number of amides is 1. The van der Waals surface area contributed by atoms with E-state index in [2.05, 4.69) is 6.92 Å². The van der Waals surface area contributed by atoms with Crippen LogP contribution in [0, 0.1) is 0 Å². The molecule has 96 valence electrons. The number of allylic oxidation sites excluding steroid dienone is 4. The summed E-state index contributed by atoms with van der Waals surface area (Å²) in [5.74, 6) is -0.370. The van der Waals surface area contributed by atoms with Crippen LogP contribution in [0.15, 0.2) is 36.0 Å². The van der Waals surface area contributed by atoms with Gasteiger partial charge in [-0.05, 0) is 25.8 Å². The van der Waals surface area contributed by atoms with Crippen LogP contribution in [0.4, 0.5) is 0 Å². The third kappa shape index (κ3) is 9.61. The molecule has 0 aliphatic rings. The molecule has 0 unspecified atom stereocenters. The molecule has 0 saturated carbocycles. The Bertz CT molecular complexity index is 287. The van der Waals surface area contributed by atoms with Crippen molar-refractivity contribution in [3.63, 3.8) is 0 Å². The SMILES string of the molecule is CC=CC=C(C=CCCCCCCC)C(N)=O. The Morgan fingerprint density at radius 3 is 2.47 bits per heavy atom. The van der Waals surface area contributed by atoms with Crippen LogP contribution >= 0.6 is 0 Å². The first kappa shape index (κ1) is 15.7. The van der Waals surface area contributed by atoms with Gasteiger partial charge in [0.05, 0.1) is 0 Å². The molecule has 0 saturated heterocycles. The van der Waals surface area contributed by atoms with E-state index in [9.17, 15) is 4.79 Å². The lowest BCUT2D eigenvalue weighted by Crippen LogP contribution is -2.12. The molecule has 0 atom stereocenters. The predicted molar refractivity (Wildman–Crippen MR) is 74.6 cm³/mol. The average Bonchev–Trinajstić information content (AvgIpc) is 2.31. The average molecular weight is 235 g/mol. The highest BCUT2D eigenvalue weighted by atomic mass is 16.1. The van der Waals surface area contributed by atoms with E-state index in [0.29, 0.717) is 5.57 Å². The van der Waals surface area contributed by atoms with Gasteiger partial charge in [-0.15, -0.1) is 0 Å². The summed E-state index contributed by atoms with van der Waals surface area (Å²) in [4.78, 5) is 11.1. The molecule has 2 heteroatoms. The first-order valence-corrected chi connectivity index (χ1v) is 6.51. The number of carbonyl (C=O) groups excluding carboxylic acids is 1. The Balaban J connectivity index is 3.90. The highest BCUT2D eigenvalue weighted by Crippen LogP contribution is 2.06. The minimum absolute atomic E-state index is 0.370. The molecular formula is C15H25NO. The number of hydrogen-bond acceptors (Lipinski definition) is 1. The van der Waals surface area contributed by atoms with E-state index in [1.807, 2.05) is 31.2 Å². The summed E-state index contributed by atoms with van der Waals surface area (Å²) in [5.41, 5.74) is 5.83. The lowest BCUT2D eigenvalue weighted by Gasteiger charge is -1.97. The fourth-order valence-corrected chi connectivity index (χ4v) is 1.50. The second-order valence-electron chi connectivity index (χ2n) is 4.12. The monoisotopic (exact) mass is 235 g/mol. The van der Waals surface area contributed by atoms with Crippen molar-refractivity contribution in [2.45, 2.75) is 52.4 Å². The second kappa shape index (κ2) is 11.2. The summed E-state index contributed by atoms with van der Waals surface area (Å²) in [6.45, 7) is 4.12. The maximum Gasteiger partial charge on any atom is 0.248 e. The summed E-state index contributed by atoms with van der Waals surface area (Å²) < 4.78 is 0. The quantitative estimate of drug-likeness (QED) is 0.368. The lowest BCUT2D eigenvalue weighted by atomic mass is 10.1. The number of carbonyl (C=O) groups is 1. The minimum atomic E-state index is -0.370. The third-order valence-electron chi connectivity index (χ3n) is 2.52. The van der Waals surface area contributed by atoms with Gasteiger partial charge in [0.2, 0.25) is 5.91 Å². The van der Waals surface area contributed by atoms with Crippen LogP contribution in [-0.2, 0) is 4.79 Å². The van der Waals surface area contributed by atoms with Crippen LogP contribution in [0.3, 0.4) is 0 Å². The smallest absolute Gasteiger partial charge is 0.248 e. The van der Waals surface area contributed by atoms with Crippen LogP contribution in [0.5, 0.6) is 0 Å². The van der Waals surface area contributed by atoms with Gasteiger partial charge in [0.1, 0.15) is 0 Å². The zero-order valence-electron chi connectivity index (χ0n) is 11.1. The van der Waals surface area contributed by atoms with E-state index < -0.39 is 0 Å². The highest BCUT2D eigenvalue weighted by Gasteiger charge is 1.97. The Labute approximate surface area is 105 Å². The molecule has 0 rings (SSSR count). The van der Waals surface area contributed by atoms with Gasteiger partial charge in [-0.2, -0.15) is 0 Å². The molecule has 0 bridgehead atoms. The van der Waals surface area contributed by atoms with Gasteiger partial charge in [-0.1, -0.05) is 56.9 Å². The molecule has 0 spiro atoms. The van der Waals surface area contributed by atoms with Crippen molar-refractivity contribution in [3.8, 4) is 0 Å². The van der Waals surface area contributed by atoms with Crippen LogP contribution in [0.2, 0.25) is 0 Å². The van der Waals surface area contributed by atoms with E-state index in [-0.39, 0.29) is 5.91 Å². The van der Waals surface area contributed by atoms with Crippen molar-refractivity contribution in [2.24, 2.45) is 5.73 Å². The minimum Gasteiger partial charge on any atom is -0.366 e. The first-order chi connectivity index (χ1) is 8.22. The standard InChI is InChI=1S/C15H25NO/c1-3-5-7-8-9-10-11-13-14(15(16)17)12-6-4-2/h4,6,11-13H,3,5,7-10H2,1-2H3,(H2,16,17). The number of hydrogen-bond donors (Lipinski definition) is 1. The highest BCUT2D eigenvalue weighted by molar-refractivity contribution is 5.95. The molecule has 0 aromatic carbocycles. The Morgan fingerprint density at radius 2 is 1.88 bits per heavy atom. The molecule has 2 N–H and O–H groups in total. The Hall–Kier alpha value is -1.31. The normalized spacial score (nSPS) is 12.7.